The predicted octanol–water partition coefficient (Wildman–Crippen LogP) is 1.18. The molecule has 3 nitrogen and oxygen atoms in total. The third-order valence-electron chi connectivity index (χ3n) is 0.523. The second-order valence-electron chi connectivity index (χ2n) is 0.947. The van der Waals surface area contributed by atoms with Crippen LogP contribution in [0, 0.1) is 0 Å². The maximum absolute atomic E-state index is 9.80. The van der Waals surface area contributed by atoms with E-state index in [1.807, 2.05) is 13.8 Å². The minimum atomic E-state index is -0.546. The minimum absolute atomic E-state index is 0.416. The summed E-state index contributed by atoms with van der Waals surface area (Å²) < 4.78 is 8.58. The molecule has 0 saturated carbocycles. The van der Waals surface area contributed by atoms with Gasteiger partial charge in [0.05, 0.1) is 0 Å². The second kappa shape index (κ2) is 4.43. The molecule has 8 heavy (non-hydrogen) atoms. The van der Waals surface area contributed by atoms with E-state index in [1.54, 1.807) is 0 Å². The van der Waals surface area contributed by atoms with E-state index in [0.29, 0.717) is 13.2 Å². The molecule has 0 atom stereocenters. The zero-order valence-corrected chi connectivity index (χ0v) is 5.14. The van der Waals surface area contributed by atoms with Crippen LogP contribution < -0.4 is 0 Å². The Labute approximate surface area is 48.6 Å². The van der Waals surface area contributed by atoms with Crippen molar-refractivity contribution >= 4 is 6.16 Å². The molecule has 1 aliphatic heterocycles. The van der Waals surface area contributed by atoms with E-state index in [0.717, 1.165) is 0 Å². The van der Waals surface area contributed by atoms with Crippen LogP contribution in [0.2, 0.25) is 0 Å². The molecule has 0 radical (unpaired) electrons. The van der Waals surface area contributed by atoms with Crippen LogP contribution in [0.5, 0.6) is 0 Å². The normalized spacial score (nSPS) is 15.5. The Balaban J connectivity index is 0.000000222. The molecule has 1 saturated heterocycles. The first-order chi connectivity index (χ1) is 3.89. The summed E-state index contributed by atoms with van der Waals surface area (Å²) in [6.45, 7) is 4.83. The van der Waals surface area contributed by atoms with Crippen LogP contribution in [-0.4, -0.2) is 19.4 Å². The first kappa shape index (κ1) is 7.27. The third-order valence-corrected chi connectivity index (χ3v) is 0.523. The maximum atomic E-state index is 9.80. The summed E-state index contributed by atoms with van der Waals surface area (Å²) in [5, 5.41) is 0. The zero-order chi connectivity index (χ0) is 6.41. The van der Waals surface area contributed by atoms with Crippen LogP contribution in [0.15, 0.2) is 0 Å². The molecule has 1 rings (SSSR count). The van der Waals surface area contributed by atoms with Crippen molar-refractivity contribution in [2.24, 2.45) is 0 Å². The van der Waals surface area contributed by atoms with Gasteiger partial charge >= 0.3 is 6.16 Å². The van der Waals surface area contributed by atoms with Crippen LogP contribution in [-0.2, 0) is 9.47 Å². The van der Waals surface area contributed by atoms with Gasteiger partial charge in [-0.3, -0.25) is 0 Å². The first-order valence-electron chi connectivity index (χ1n) is 2.69. The average Bonchev–Trinajstić information content (AvgIpc) is 2.24. The van der Waals surface area contributed by atoms with E-state index in [9.17, 15) is 4.79 Å². The largest absolute Gasteiger partial charge is 0.508 e. The van der Waals surface area contributed by atoms with Gasteiger partial charge in [0.25, 0.3) is 0 Å². The molecule has 0 spiro atoms. The van der Waals surface area contributed by atoms with Crippen molar-refractivity contribution in [1.29, 1.82) is 0 Å². The number of carbonyl (C=O) groups excluding carboxylic acids is 1. The van der Waals surface area contributed by atoms with Gasteiger partial charge in [-0.05, 0) is 0 Å². The molecule has 1 fully saturated rings. The van der Waals surface area contributed by atoms with E-state index in [1.165, 1.54) is 0 Å². The number of cyclic esters (lactones) is 2. The van der Waals surface area contributed by atoms with Crippen LogP contribution in [0.1, 0.15) is 13.8 Å². The Morgan fingerprint density at radius 1 is 1.25 bits per heavy atom. The van der Waals surface area contributed by atoms with Crippen LogP contribution in [0.4, 0.5) is 4.79 Å². The lowest BCUT2D eigenvalue weighted by Crippen LogP contribution is -1.88. The van der Waals surface area contributed by atoms with Gasteiger partial charge in [-0.2, -0.15) is 0 Å². The smallest absolute Gasteiger partial charge is 0.431 e. The molecular formula is C5H10O3. The molecule has 0 aromatic carbocycles. The number of hydrogen-bond donors (Lipinski definition) is 0. The van der Waals surface area contributed by atoms with E-state index in [2.05, 4.69) is 9.47 Å². The summed E-state index contributed by atoms with van der Waals surface area (Å²) in [7, 11) is 0. The number of carbonyl (C=O) groups is 1. The van der Waals surface area contributed by atoms with E-state index in [-0.39, 0.29) is 0 Å². The van der Waals surface area contributed by atoms with Crippen molar-refractivity contribution in [3.8, 4) is 0 Å². The number of ether oxygens (including phenoxy) is 2. The van der Waals surface area contributed by atoms with Crippen LogP contribution in [0.25, 0.3) is 0 Å². The van der Waals surface area contributed by atoms with E-state index in [4.69, 9.17) is 0 Å². The molecule has 0 amide bonds. The average molecular weight is 118 g/mol. The molecule has 0 bridgehead atoms. The van der Waals surface area contributed by atoms with Crippen molar-refractivity contribution in [3.63, 3.8) is 0 Å². The highest BCUT2D eigenvalue weighted by molar-refractivity contribution is 5.61. The van der Waals surface area contributed by atoms with Gasteiger partial charge in [-0.15, -0.1) is 0 Å². The first-order valence-corrected chi connectivity index (χ1v) is 2.69. The van der Waals surface area contributed by atoms with Crippen LogP contribution in [0.3, 0.4) is 0 Å². The number of hydrogen-bond acceptors (Lipinski definition) is 3. The van der Waals surface area contributed by atoms with Crippen molar-refractivity contribution < 1.29 is 14.3 Å². The van der Waals surface area contributed by atoms with E-state index < -0.39 is 6.16 Å². The highest BCUT2D eigenvalue weighted by Gasteiger charge is 2.09. The topological polar surface area (TPSA) is 35.5 Å². The summed E-state index contributed by atoms with van der Waals surface area (Å²) in [6.07, 6.45) is -0.546. The summed E-state index contributed by atoms with van der Waals surface area (Å²) in [6, 6.07) is 0. The fourth-order valence-corrected chi connectivity index (χ4v) is 0.292. The third kappa shape index (κ3) is 2.44. The summed E-state index contributed by atoms with van der Waals surface area (Å²) in [4.78, 5) is 9.80. The Morgan fingerprint density at radius 2 is 1.62 bits per heavy atom. The maximum Gasteiger partial charge on any atom is 0.508 e. The van der Waals surface area contributed by atoms with Gasteiger partial charge in [-0.1, -0.05) is 13.8 Å². The van der Waals surface area contributed by atoms with Crippen LogP contribution >= 0.6 is 0 Å². The second-order valence-corrected chi connectivity index (χ2v) is 0.947. The lowest BCUT2D eigenvalue weighted by atomic mass is 10.8. The van der Waals surface area contributed by atoms with Crippen molar-refractivity contribution in [3.05, 3.63) is 0 Å². The fraction of sp³-hybridized carbons (Fsp3) is 0.800. The monoisotopic (exact) mass is 118 g/mol. The lowest BCUT2D eigenvalue weighted by molar-refractivity contribution is 0.131. The molecule has 0 unspecified atom stereocenters. The lowest BCUT2D eigenvalue weighted by Gasteiger charge is -1.78. The summed E-state index contributed by atoms with van der Waals surface area (Å²) in [5.74, 6) is 0. The minimum Gasteiger partial charge on any atom is -0.431 e. The van der Waals surface area contributed by atoms with Gasteiger partial charge in [-0.25, -0.2) is 4.79 Å². The SMILES string of the molecule is CC.O=C1OCCO1. The molecular weight excluding hydrogens is 108 g/mol. The van der Waals surface area contributed by atoms with Gasteiger partial charge in [0.1, 0.15) is 13.2 Å². The summed E-state index contributed by atoms with van der Waals surface area (Å²) in [5.41, 5.74) is 0. The standard InChI is InChI=1S/C3H4O3.C2H6/c4-3-5-1-2-6-3;1-2/h1-2H2;1-2H3. The predicted molar refractivity (Wildman–Crippen MR) is 28.6 cm³/mol. The van der Waals surface area contributed by atoms with Crippen molar-refractivity contribution in [2.45, 2.75) is 13.8 Å². The Morgan fingerprint density at radius 3 is 1.75 bits per heavy atom. The molecule has 48 valence electrons. The van der Waals surface area contributed by atoms with Gasteiger partial charge in [0.15, 0.2) is 0 Å². The molecule has 0 N–H and O–H groups in total. The highest BCUT2D eigenvalue weighted by Crippen LogP contribution is 1.92. The molecule has 3 heteroatoms. The molecule has 1 heterocycles. The molecule has 0 aliphatic carbocycles. The zero-order valence-electron chi connectivity index (χ0n) is 5.14. The molecule has 1 aliphatic rings. The van der Waals surface area contributed by atoms with E-state index >= 15 is 0 Å². The molecule has 0 aromatic rings. The van der Waals surface area contributed by atoms with Crippen molar-refractivity contribution in [1.82, 2.24) is 0 Å². The van der Waals surface area contributed by atoms with Crippen molar-refractivity contribution in [2.75, 3.05) is 13.2 Å². The Kier molecular flexibility index (Phi) is 4.03. The molecule has 0 aromatic heterocycles. The van der Waals surface area contributed by atoms with Gasteiger partial charge < -0.3 is 9.47 Å². The highest BCUT2D eigenvalue weighted by atomic mass is 16.8. The fourth-order valence-electron chi connectivity index (χ4n) is 0.292. The summed E-state index contributed by atoms with van der Waals surface area (Å²) >= 11 is 0. The van der Waals surface area contributed by atoms with Gasteiger partial charge in [0, 0.05) is 0 Å². The van der Waals surface area contributed by atoms with Gasteiger partial charge in [0.2, 0.25) is 0 Å². The Hall–Kier alpha value is -0.730. The quantitative estimate of drug-likeness (QED) is 0.448. The Bertz CT molecular complexity index is 62.1. The number of rotatable bonds is 0.